The fraction of sp³-hybridized carbons (Fsp3) is 0.381. The lowest BCUT2D eigenvalue weighted by molar-refractivity contribution is -0.121. The van der Waals surface area contributed by atoms with Gasteiger partial charge in [0.2, 0.25) is 5.91 Å². The maximum absolute atomic E-state index is 11.9. The first-order valence-electron chi connectivity index (χ1n) is 8.86. The summed E-state index contributed by atoms with van der Waals surface area (Å²) in [6.45, 7) is 5.61. The third-order valence-electron chi connectivity index (χ3n) is 3.92. The number of aryl methyl sites for hydroxylation is 1. The van der Waals surface area contributed by atoms with Gasteiger partial charge in [-0.05, 0) is 48.1 Å². The Morgan fingerprint density at radius 1 is 1.08 bits per heavy atom. The molecule has 0 radical (unpaired) electrons. The number of nitrogens with two attached hydrogens (primary N) is 1. The molecule has 2 aromatic carbocycles. The summed E-state index contributed by atoms with van der Waals surface area (Å²) in [5, 5.41) is 2.96. The van der Waals surface area contributed by atoms with E-state index in [9.17, 15) is 4.79 Å². The summed E-state index contributed by atoms with van der Waals surface area (Å²) < 4.78 is 5.67. The second-order valence-electron chi connectivity index (χ2n) is 6.65. The molecule has 0 aliphatic carbocycles. The summed E-state index contributed by atoms with van der Waals surface area (Å²) in [5.74, 6) is 1.46. The van der Waals surface area contributed by atoms with Gasteiger partial charge in [-0.15, -0.1) is 12.4 Å². The van der Waals surface area contributed by atoms with Gasteiger partial charge in [0, 0.05) is 18.7 Å². The molecule has 5 heteroatoms. The van der Waals surface area contributed by atoms with Crippen LogP contribution in [-0.2, 0) is 17.6 Å². The molecule has 2 aromatic rings. The molecular weight excluding hydrogens is 348 g/mol. The second kappa shape index (κ2) is 11.4. The number of carbonyl (C=O) groups excluding carboxylic acids is 1. The minimum absolute atomic E-state index is 0. The van der Waals surface area contributed by atoms with Gasteiger partial charge in [0.05, 0.1) is 6.61 Å². The van der Waals surface area contributed by atoms with Gasteiger partial charge in [0.1, 0.15) is 5.75 Å². The van der Waals surface area contributed by atoms with Crippen LogP contribution in [0.4, 0.5) is 5.69 Å². The van der Waals surface area contributed by atoms with Crippen LogP contribution >= 0.6 is 12.4 Å². The van der Waals surface area contributed by atoms with Gasteiger partial charge < -0.3 is 15.8 Å². The van der Waals surface area contributed by atoms with Crippen LogP contribution in [0.15, 0.2) is 48.5 Å². The smallest absolute Gasteiger partial charge is 0.220 e. The highest BCUT2D eigenvalue weighted by Gasteiger charge is 2.04. The lowest BCUT2D eigenvalue weighted by Crippen LogP contribution is -2.25. The predicted molar refractivity (Wildman–Crippen MR) is 110 cm³/mol. The number of para-hydroxylation sites is 1. The summed E-state index contributed by atoms with van der Waals surface area (Å²) in [4.78, 5) is 11.9. The molecule has 4 nitrogen and oxygen atoms in total. The molecular formula is C21H29ClN2O2. The quantitative estimate of drug-likeness (QED) is 0.650. The third-order valence-corrected chi connectivity index (χ3v) is 3.92. The molecule has 0 aliphatic rings. The van der Waals surface area contributed by atoms with E-state index < -0.39 is 0 Å². The summed E-state index contributed by atoms with van der Waals surface area (Å²) in [6.07, 6.45) is 1.93. The van der Waals surface area contributed by atoms with Gasteiger partial charge >= 0.3 is 0 Å². The number of benzene rings is 2. The number of hydrogen-bond acceptors (Lipinski definition) is 3. The average molecular weight is 377 g/mol. The highest BCUT2D eigenvalue weighted by atomic mass is 35.5. The lowest BCUT2D eigenvalue weighted by Gasteiger charge is -2.10. The van der Waals surface area contributed by atoms with E-state index in [1.807, 2.05) is 48.5 Å². The van der Waals surface area contributed by atoms with Crippen LogP contribution in [-0.4, -0.2) is 19.1 Å². The van der Waals surface area contributed by atoms with Crippen molar-refractivity contribution < 1.29 is 9.53 Å². The van der Waals surface area contributed by atoms with Gasteiger partial charge in [-0.2, -0.15) is 0 Å². The number of carbonyl (C=O) groups is 1. The Kier molecular flexibility index (Phi) is 9.60. The third kappa shape index (κ3) is 7.79. The van der Waals surface area contributed by atoms with Crippen LogP contribution in [0.1, 0.15) is 31.4 Å². The summed E-state index contributed by atoms with van der Waals surface area (Å²) in [5.41, 5.74) is 8.84. The van der Waals surface area contributed by atoms with Crippen molar-refractivity contribution in [3.8, 4) is 5.75 Å². The van der Waals surface area contributed by atoms with Crippen molar-refractivity contribution in [3.63, 3.8) is 0 Å². The van der Waals surface area contributed by atoms with E-state index in [0.717, 1.165) is 30.0 Å². The number of hydrogen-bond donors (Lipinski definition) is 2. The van der Waals surface area contributed by atoms with E-state index in [-0.39, 0.29) is 18.3 Å². The van der Waals surface area contributed by atoms with Gasteiger partial charge in [-0.1, -0.05) is 44.2 Å². The summed E-state index contributed by atoms with van der Waals surface area (Å²) in [7, 11) is 0. The van der Waals surface area contributed by atoms with Crippen LogP contribution in [0.2, 0.25) is 0 Å². The molecule has 3 N–H and O–H groups in total. The summed E-state index contributed by atoms with van der Waals surface area (Å²) in [6, 6.07) is 15.7. The van der Waals surface area contributed by atoms with Crippen LogP contribution in [0.5, 0.6) is 5.75 Å². The number of rotatable bonds is 9. The first-order valence-corrected chi connectivity index (χ1v) is 8.86. The minimum Gasteiger partial charge on any atom is -0.493 e. The largest absolute Gasteiger partial charge is 0.493 e. The van der Waals surface area contributed by atoms with E-state index in [2.05, 4.69) is 19.2 Å². The second-order valence-corrected chi connectivity index (χ2v) is 6.65. The molecule has 0 aromatic heterocycles. The molecule has 26 heavy (non-hydrogen) atoms. The van der Waals surface area contributed by atoms with Gasteiger partial charge in [0.15, 0.2) is 0 Å². The monoisotopic (exact) mass is 376 g/mol. The SMILES string of the molecule is CC(C)COc1ccc(CCNC(=O)CCc2ccccc2N)cc1.Cl. The van der Waals surface area contributed by atoms with Crippen LogP contribution in [0.25, 0.3) is 0 Å². The van der Waals surface area contributed by atoms with E-state index in [0.29, 0.717) is 25.3 Å². The minimum atomic E-state index is 0. The Balaban J connectivity index is 0.00000338. The van der Waals surface area contributed by atoms with Crippen LogP contribution in [0, 0.1) is 5.92 Å². The number of nitrogen functional groups attached to an aromatic ring is 1. The Hall–Kier alpha value is -2.20. The highest BCUT2D eigenvalue weighted by Crippen LogP contribution is 2.14. The van der Waals surface area contributed by atoms with Crippen molar-refractivity contribution in [2.24, 2.45) is 5.92 Å². The Bertz CT molecular complexity index is 672. The van der Waals surface area contributed by atoms with Crippen molar-refractivity contribution >= 4 is 24.0 Å². The van der Waals surface area contributed by atoms with E-state index >= 15 is 0 Å². The van der Waals surface area contributed by atoms with Crippen molar-refractivity contribution in [2.45, 2.75) is 33.1 Å². The molecule has 1 amide bonds. The fourth-order valence-corrected chi connectivity index (χ4v) is 2.46. The Morgan fingerprint density at radius 2 is 1.77 bits per heavy atom. The number of ether oxygens (including phenoxy) is 1. The van der Waals surface area contributed by atoms with Crippen molar-refractivity contribution in [2.75, 3.05) is 18.9 Å². The zero-order chi connectivity index (χ0) is 18.1. The molecule has 0 bridgehead atoms. The lowest BCUT2D eigenvalue weighted by atomic mass is 10.1. The van der Waals surface area contributed by atoms with Crippen molar-refractivity contribution in [3.05, 3.63) is 59.7 Å². The van der Waals surface area contributed by atoms with Crippen molar-refractivity contribution in [1.29, 1.82) is 0 Å². The predicted octanol–water partition coefficient (Wildman–Crippen LogP) is 4.02. The highest BCUT2D eigenvalue weighted by molar-refractivity contribution is 5.85. The van der Waals surface area contributed by atoms with Gasteiger partial charge in [-0.3, -0.25) is 4.79 Å². The Labute approximate surface area is 162 Å². The maximum atomic E-state index is 11.9. The molecule has 0 heterocycles. The van der Waals surface area contributed by atoms with E-state index in [1.165, 1.54) is 5.56 Å². The van der Waals surface area contributed by atoms with E-state index in [1.54, 1.807) is 0 Å². The first kappa shape index (κ1) is 21.8. The van der Waals surface area contributed by atoms with E-state index in [4.69, 9.17) is 10.5 Å². The average Bonchev–Trinajstić information content (AvgIpc) is 2.60. The normalized spacial score (nSPS) is 10.3. The number of amides is 1. The van der Waals surface area contributed by atoms with Gasteiger partial charge in [0.25, 0.3) is 0 Å². The topological polar surface area (TPSA) is 64.3 Å². The zero-order valence-electron chi connectivity index (χ0n) is 15.5. The Morgan fingerprint density at radius 3 is 2.42 bits per heavy atom. The molecule has 0 saturated heterocycles. The maximum Gasteiger partial charge on any atom is 0.220 e. The van der Waals surface area contributed by atoms with Gasteiger partial charge in [-0.25, -0.2) is 0 Å². The zero-order valence-corrected chi connectivity index (χ0v) is 16.4. The number of halogens is 1. The standard InChI is InChI=1S/C21H28N2O2.ClH/c1-16(2)15-25-19-10-7-17(8-11-19)13-14-23-21(24)12-9-18-5-3-4-6-20(18)22;/h3-8,10-11,16H,9,12-15,22H2,1-2H3,(H,23,24);1H. The number of anilines is 1. The molecule has 142 valence electrons. The van der Waals surface area contributed by atoms with Crippen LogP contribution in [0.3, 0.4) is 0 Å². The molecule has 0 saturated carbocycles. The first-order chi connectivity index (χ1) is 12.0. The molecule has 0 aliphatic heterocycles. The van der Waals surface area contributed by atoms with Crippen LogP contribution < -0.4 is 15.8 Å². The molecule has 0 unspecified atom stereocenters. The fourth-order valence-electron chi connectivity index (χ4n) is 2.46. The molecule has 2 rings (SSSR count). The summed E-state index contributed by atoms with van der Waals surface area (Å²) >= 11 is 0. The molecule has 0 fully saturated rings. The van der Waals surface area contributed by atoms with Crippen molar-refractivity contribution in [1.82, 2.24) is 5.32 Å². The molecule has 0 spiro atoms. The number of nitrogens with one attached hydrogen (secondary N) is 1. The molecule has 0 atom stereocenters.